The number of primary amides is 1. The van der Waals surface area contributed by atoms with Gasteiger partial charge in [-0.15, -0.1) is 11.3 Å². The number of ether oxygens (including phenoxy) is 2. The number of aromatic nitrogens is 3. The van der Waals surface area contributed by atoms with Crippen molar-refractivity contribution in [1.29, 1.82) is 0 Å². The molecule has 0 saturated heterocycles. The van der Waals surface area contributed by atoms with Crippen molar-refractivity contribution in [3.63, 3.8) is 0 Å². The van der Waals surface area contributed by atoms with Crippen LogP contribution in [0.3, 0.4) is 0 Å². The second-order valence-corrected chi connectivity index (χ2v) is 10.3. The smallest absolute Gasteiger partial charge is 0.337 e. The van der Waals surface area contributed by atoms with Crippen LogP contribution in [0, 0.1) is 6.92 Å². The number of nitrogens with two attached hydrogens (primary N) is 1. The van der Waals surface area contributed by atoms with E-state index in [2.05, 4.69) is 20.1 Å². The maximum Gasteiger partial charge on any atom is 0.337 e. The van der Waals surface area contributed by atoms with E-state index in [-0.39, 0.29) is 33.1 Å². The van der Waals surface area contributed by atoms with Gasteiger partial charge in [0.25, 0.3) is 18.2 Å². The Bertz CT molecular complexity index is 1840. The highest BCUT2D eigenvalue weighted by Crippen LogP contribution is 2.43. The molecular weight excluding hydrogens is 584 g/mol. The SMILES string of the molecule is CCn1cc(-c2cc(C(F)F)nc3sc(C(N)=O)c(NC(=O)c4ccc(COc5ccc(C(=O)OC)cc5)o4)c23)c(C)n1. The summed E-state index contributed by atoms with van der Waals surface area (Å²) in [5, 5.41) is 7.37. The molecule has 5 rings (SSSR count). The van der Waals surface area contributed by atoms with Crippen LogP contribution in [0.25, 0.3) is 21.3 Å². The van der Waals surface area contributed by atoms with E-state index in [4.69, 9.17) is 14.9 Å². The second-order valence-electron chi connectivity index (χ2n) is 9.25. The summed E-state index contributed by atoms with van der Waals surface area (Å²) < 4.78 is 45.3. The first kappa shape index (κ1) is 29.4. The number of benzene rings is 1. The van der Waals surface area contributed by atoms with E-state index >= 15 is 0 Å². The van der Waals surface area contributed by atoms with Crippen LogP contribution in [0.5, 0.6) is 5.75 Å². The van der Waals surface area contributed by atoms with Crippen LogP contribution in [0.15, 0.2) is 53.1 Å². The van der Waals surface area contributed by atoms with Gasteiger partial charge in [-0.25, -0.2) is 18.6 Å². The largest absolute Gasteiger partial charge is 0.486 e. The fraction of sp³-hybridized carbons (Fsp3) is 0.207. The zero-order chi connectivity index (χ0) is 30.8. The Kier molecular flexibility index (Phi) is 8.21. The fourth-order valence-corrected chi connectivity index (χ4v) is 5.41. The van der Waals surface area contributed by atoms with Crippen LogP contribution >= 0.6 is 11.3 Å². The summed E-state index contributed by atoms with van der Waals surface area (Å²) in [5.74, 6) is -1.37. The van der Waals surface area contributed by atoms with Crippen LogP contribution in [0.4, 0.5) is 14.5 Å². The summed E-state index contributed by atoms with van der Waals surface area (Å²) >= 11 is 0.803. The molecule has 3 N–H and O–H groups in total. The summed E-state index contributed by atoms with van der Waals surface area (Å²) in [6.45, 7) is 4.13. The van der Waals surface area contributed by atoms with Gasteiger partial charge in [0, 0.05) is 23.7 Å². The number of rotatable bonds is 10. The molecule has 14 heteroatoms. The molecule has 5 aromatic rings. The lowest BCUT2D eigenvalue weighted by atomic mass is 10.0. The first-order chi connectivity index (χ1) is 20.6. The molecule has 1 aromatic carbocycles. The molecule has 222 valence electrons. The number of alkyl halides is 2. The van der Waals surface area contributed by atoms with Crippen LogP contribution in [0.1, 0.15) is 61.1 Å². The zero-order valence-corrected chi connectivity index (χ0v) is 24.0. The highest BCUT2D eigenvalue weighted by atomic mass is 32.1. The monoisotopic (exact) mass is 609 g/mol. The van der Waals surface area contributed by atoms with E-state index in [1.54, 1.807) is 48.1 Å². The summed E-state index contributed by atoms with van der Waals surface area (Å²) in [6.07, 6.45) is -1.18. The van der Waals surface area contributed by atoms with Crippen molar-refractivity contribution in [2.24, 2.45) is 5.73 Å². The quantitative estimate of drug-likeness (QED) is 0.190. The summed E-state index contributed by atoms with van der Waals surface area (Å²) in [7, 11) is 1.29. The lowest BCUT2D eigenvalue weighted by molar-refractivity contribution is 0.0600. The van der Waals surface area contributed by atoms with Crippen LogP contribution in [-0.2, 0) is 17.9 Å². The van der Waals surface area contributed by atoms with E-state index in [0.717, 1.165) is 11.3 Å². The number of pyridine rings is 1. The van der Waals surface area contributed by atoms with Crippen molar-refractivity contribution in [2.75, 3.05) is 12.4 Å². The Balaban J connectivity index is 1.45. The molecule has 0 aliphatic heterocycles. The van der Waals surface area contributed by atoms with Gasteiger partial charge in [-0.3, -0.25) is 14.3 Å². The number of methoxy groups -OCH3 is 1. The van der Waals surface area contributed by atoms with E-state index in [1.807, 2.05) is 6.92 Å². The van der Waals surface area contributed by atoms with Crippen molar-refractivity contribution in [3.8, 4) is 16.9 Å². The number of nitrogens with zero attached hydrogens (tertiary/aromatic N) is 3. The van der Waals surface area contributed by atoms with E-state index in [9.17, 15) is 23.2 Å². The number of thiophene rings is 1. The van der Waals surface area contributed by atoms with Crippen molar-refractivity contribution in [2.45, 2.75) is 33.4 Å². The topological polar surface area (TPSA) is 152 Å². The van der Waals surface area contributed by atoms with E-state index in [1.165, 1.54) is 19.2 Å². The fourth-order valence-electron chi connectivity index (χ4n) is 4.39. The average molecular weight is 610 g/mol. The van der Waals surface area contributed by atoms with Gasteiger partial charge in [0.15, 0.2) is 5.76 Å². The van der Waals surface area contributed by atoms with Gasteiger partial charge in [0.05, 0.1) is 24.1 Å². The van der Waals surface area contributed by atoms with Crippen molar-refractivity contribution in [1.82, 2.24) is 14.8 Å². The molecule has 0 fully saturated rings. The Morgan fingerprint density at radius 2 is 1.88 bits per heavy atom. The number of furan rings is 1. The third-order valence-electron chi connectivity index (χ3n) is 6.47. The molecule has 4 heterocycles. The predicted molar refractivity (Wildman–Crippen MR) is 154 cm³/mol. The third kappa shape index (κ3) is 5.95. The van der Waals surface area contributed by atoms with Crippen LogP contribution < -0.4 is 15.8 Å². The third-order valence-corrected chi connectivity index (χ3v) is 7.57. The highest BCUT2D eigenvalue weighted by molar-refractivity contribution is 7.21. The Morgan fingerprint density at radius 1 is 1.14 bits per heavy atom. The number of halogens is 2. The lowest BCUT2D eigenvalue weighted by Gasteiger charge is -2.10. The maximum absolute atomic E-state index is 13.8. The number of hydrogen-bond donors (Lipinski definition) is 2. The summed E-state index contributed by atoms with van der Waals surface area (Å²) in [4.78, 5) is 41.4. The predicted octanol–water partition coefficient (Wildman–Crippen LogP) is 5.74. The molecule has 2 amide bonds. The Labute approximate surface area is 247 Å². The normalized spacial score (nSPS) is 11.2. The standard InChI is InChI=1S/C29H25F2N5O6S/c1-4-36-12-19(14(2)35-36)18-11-20(25(30)31)33-28-22(18)23(24(43-28)26(32)37)34-27(38)21-10-9-17(42-21)13-41-16-7-5-15(6-8-16)29(39)40-3/h5-12,25H,4,13H2,1-3H3,(H2,32,37)(H,34,38). The number of esters is 1. The molecule has 0 unspecified atom stereocenters. The molecule has 0 radical (unpaired) electrons. The number of aryl methyl sites for hydroxylation is 2. The number of carbonyl (C=O) groups is 3. The van der Waals surface area contributed by atoms with Gasteiger partial charge < -0.3 is 24.9 Å². The number of nitrogens with one attached hydrogen (secondary N) is 1. The van der Waals surface area contributed by atoms with Crippen molar-refractivity contribution in [3.05, 3.63) is 82.0 Å². The molecule has 0 aliphatic rings. The van der Waals surface area contributed by atoms with Crippen molar-refractivity contribution >= 4 is 45.0 Å². The number of carbonyl (C=O) groups excluding carboxylic acids is 3. The first-order valence-electron chi connectivity index (χ1n) is 12.9. The molecule has 43 heavy (non-hydrogen) atoms. The molecule has 0 spiro atoms. The van der Waals surface area contributed by atoms with Gasteiger partial charge in [-0.05, 0) is 61.9 Å². The van der Waals surface area contributed by atoms with Crippen molar-refractivity contribution < 1.29 is 37.1 Å². The number of amides is 2. The average Bonchev–Trinajstić information content (AvgIpc) is 3.72. The molecule has 11 nitrogen and oxygen atoms in total. The molecular formula is C29H25F2N5O6S. The number of fused-ring (bicyclic) bond motifs is 1. The molecule has 0 bridgehead atoms. The molecule has 4 aromatic heterocycles. The molecule has 0 atom stereocenters. The molecule has 0 saturated carbocycles. The van der Waals surface area contributed by atoms with E-state index < -0.39 is 29.9 Å². The van der Waals surface area contributed by atoms with Gasteiger partial charge in [-0.1, -0.05) is 0 Å². The first-order valence-corrected chi connectivity index (χ1v) is 13.7. The van der Waals surface area contributed by atoms with Gasteiger partial charge >= 0.3 is 5.97 Å². The minimum atomic E-state index is -2.88. The Morgan fingerprint density at radius 3 is 2.51 bits per heavy atom. The highest BCUT2D eigenvalue weighted by Gasteiger charge is 2.27. The summed E-state index contributed by atoms with van der Waals surface area (Å²) in [5.41, 5.74) is 6.96. The van der Waals surface area contributed by atoms with Gasteiger partial charge in [-0.2, -0.15) is 5.10 Å². The minimum absolute atomic E-state index is 0.0239. The maximum atomic E-state index is 13.8. The van der Waals surface area contributed by atoms with Crippen LogP contribution in [0.2, 0.25) is 0 Å². The minimum Gasteiger partial charge on any atom is -0.486 e. The molecule has 0 aliphatic carbocycles. The lowest BCUT2D eigenvalue weighted by Crippen LogP contribution is -2.16. The number of hydrogen-bond acceptors (Lipinski definition) is 9. The summed E-state index contributed by atoms with van der Waals surface area (Å²) in [6, 6.07) is 10.5. The Hall–Kier alpha value is -5.11. The van der Waals surface area contributed by atoms with Gasteiger partial charge in [0.1, 0.15) is 33.5 Å². The van der Waals surface area contributed by atoms with E-state index in [0.29, 0.717) is 40.4 Å². The zero-order valence-electron chi connectivity index (χ0n) is 23.1. The van der Waals surface area contributed by atoms with Crippen LogP contribution in [-0.4, -0.2) is 39.7 Å². The second kappa shape index (κ2) is 12.0. The number of anilines is 1. The van der Waals surface area contributed by atoms with Gasteiger partial charge in [0.2, 0.25) is 0 Å².